The number of nitro groups is 1. The van der Waals surface area contributed by atoms with E-state index in [0.717, 1.165) is 80.8 Å². The molecule has 0 unspecified atom stereocenters. The first-order chi connectivity index (χ1) is 27.2. The smallest absolute Gasteiger partial charge is 0.293 e. The molecular formula is C42H43N7O5S2. The standard InChI is InChI=1S/C42H43N7O5S2/c1-30-40(17-24-54-30)55-28-42(18-7-8-19-42)45-37-16-14-34(26-39(37)49(50)51)56(52,53)46-41-36-15-13-33(25-38(36)43-29-44-41)48-22-20-47(21-23-48)27-32-11-5-6-12-35(32)31-9-3-2-4-10-31/h2-6,9-17,24-26,29,45H,7-8,18-23,27-28H2,1H3,(H,43,44,46). The SMILES string of the molecule is Cc1occc1SCC1(Nc2ccc(S(=O)(=O)Nc3ncnc4cc(N5CCN(Cc6ccccc6-c6ccccc6)CC5)ccc34)cc2[N+](=O)[O-])CCCC1. The molecule has 0 bridgehead atoms. The van der Waals surface area contributed by atoms with Crippen LogP contribution >= 0.6 is 11.8 Å². The van der Waals surface area contributed by atoms with Crippen LogP contribution in [0.25, 0.3) is 22.0 Å². The number of anilines is 3. The van der Waals surface area contributed by atoms with Gasteiger partial charge in [0.1, 0.15) is 17.8 Å². The number of benzene rings is 4. The number of hydrogen-bond donors (Lipinski definition) is 2. The molecule has 56 heavy (non-hydrogen) atoms. The second kappa shape index (κ2) is 16.0. The summed E-state index contributed by atoms with van der Waals surface area (Å²) in [5, 5.41) is 16.3. The van der Waals surface area contributed by atoms with Crippen LogP contribution in [0, 0.1) is 17.0 Å². The maximum Gasteiger partial charge on any atom is 0.293 e. The summed E-state index contributed by atoms with van der Waals surface area (Å²) in [6.45, 7) is 6.22. The second-order valence-electron chi connectivity index (χ2n) is 14.5. The van der Waals surface area contributed by atoms with Gasteiger partial charge in [0.15, 0.2) is 5.82 Å². The fraction of sp³-hybridized carbons (Fsp3) is 0.286. The molecule has 2 N–H and O–H groups in total. The Hall–Kier alpha value is -5.44. The summed E-state index contributed by atoms with van der Waals surface area (Å²) < 4.78 is 35.5. The topological polar surface area (TPSA) is 147 Å². The van der Waals surface area contributed by atoms with Gasteiger partial charge >= 0.3 is 0 Å². The van der Waals surface area contributed by atoms with E-state index in [1.165, 1.54) is 35.2 Å². The van der Waals surface area contributed by atoms with Crippen molar-refractivity contribution in [3.8, 4) is 11.1 Å². The molecule has 1 saturated heterocycles. The first-order valence-electron chi connectivity index (χ1n) is 18.8. The molecule has 6 aromatic rings. The third-order valence-corrected chi connectivity index (χ3v) is 13.6. The van der Waals surface area contributed by atoms with Gasteiger partial charge in [-0.05, 0) is 72.9 Å². The molecule has 1 aliphatic heterocycles. The Morgan fingerprint density at radius 1 is 0.911 bits per heavy atom. The number of rotatable bonds is 13. The molecule has 2 aliphatic rings. The highest BCUT2D eigenvalue weighted by atomic mass is 32.2. The molecule has 0 spiro atoms. The van der Waals surface area contributed by atoms with Crippen molar-refractivity contribution in [2.45, 2.75) is 54.5 Å². The number of thioether (sulfide) groups is 1. The molecule has 4 aromatic carbocycles. The van der Waals surface area contributed by atoms with Gasteiger partial charge in [0.05, 0.1) is 21.6 Å². The monoisotopic (exact) mass is 789 g/mol. The zero-order valence-corrected chi connectivity index (χ0v) is 32.7. The van der Waals surface area contributed by atoms with Crippen LogP contribution in [0.5, 0.6) is 0 Å². The molecule has 3 heterocycles. The van der Waals surface area contributed by atoms with Gasteiger partial charge < -0.3 is 14.6 Å². The Labute approximate surface area is 330 Å². The zero-order valence-electron chi connectivity index (χ0n) is 31.1. The molecule has 0 atom stereocenters. The Bertz CT molecular complexity index is 2460. The number of nitrogens with zero attached hydrogens (tertiary/aromatic N) is 5. The van der Waals surface area contributed by atoms with Crippen LogP contribution < -0.4 is 14.9 Å². The molecular weight excluding hydrogens is 747 g/mol. The minimum absolute atomic E-state index is 0.102. The van der Waals surface area contributed by atoms with Gasteiger partial charge in [-0.25, -0.2) is 18.4 Å². The number of furan rings is 1. The number of hydrogen-bond acceptors (Lipinski definition) is 11. The summed E-state index contributed by atoms with van der Waals surface area (Å²) >= 11 is 1.65. The maximum absolute atomic E-state index is 13.7. The van der Waals surface area contributed by atoms with Gasteiger partial charge in [-0.1, -0.05) is 67.4 Å². The van der Waals surface area contributed by atoms with E-state index in [4.69, 9.17) is 4.42 Å². The fourth-order valence-electron chi connectivity index (χ4n) is 7.79. The first-order valence-corrected chi connectivity index (χ1v) is 21.3. The van der Waals surface area contributed by atoms with Crippen molar-refractivity contribution in [2.24, 2.45) is 0 Å². The molecule has 2 fully saturated rings. The van der Waals surface area contributed by atoms with Crippen LogP contribution in [0.3, 0.4) is 0 Å². The normalized spacial score (nSPS) is 15.9. The van der Waals surface area contributed by atoms with Crippen molar-refractivity contribution >= 4 is 55.6 Å². The van der Waals surface area contributed by atoms with E-state index in [-0.39, 0.29) is 21.9 Å². The van der Waals surface area contributed by atoms with Gasteiger partial charge in [0.2, 0.25) is 0 Å². The van der Waals surface area contributed by atoms with Crippen LogP contribution in [0.2, 0.25) is 0 Å². The van der Waals surface area contributed by atoms with Crippen molar-refractivity contribution in [1.82, 2.24) is 14.9 Å². The summed E-state index contributed by atoms with van der Waals surface area (Å²) in [7, 11) is -4.25. The van der Waals surface area contributed by atoms with Crippen molar-refractivity contribution in [1.29, 1.82) is 0 Å². The van der Waals surface area contributed by atoms with E-state index in [0.29, 0.717) is 22.3 Å². The number of nitrogens with one attached hydrogen (secondary N) is 2. The Morgan fingerprint density at radius 3 is 2.43 bits per heavy atom. The molecule has 14 heteroatoms. The van der Waals surface area contributed by atoms with Crippen LogP contribution in [0.15, 0.2) is 124 Å². The second-order valence-corrected chi connectivity index (χ2v) is 17.2. The number of sulfonamides is 1. The Morgan fingerprint density at radius 2 is 1.68 bits per heavy atom. The highest BCUT2D eigenvalue weighted by Crippen LogP contribution is 2.41. The minimum Gasteiger partial charge on any atom is -0.468 e. The van der Waals surface area contributed by atoms with Crippen molar-refractivity contribution in [2.75, 3.05) is 46.9 Å². The lowest BCUT2D eigenvalue weighted by Gasteiger charge is -2.36. The lowest BCUT2D eigenvalue weighted by atomic mass is 9.99. The van der Waals surface area contributed by atoms with Gasteiger partial charge in [-0.2, -0.15) is 0 Å². The fourth-order valence-corrected chi connectivity index (χ4v) is 10.0. The van der Waals surface area contributed by atoms with Gasteiger partial charge in [0, 0.05) is 66.1 Å². The quantitative estimate of drug-likeness (QED) is 0.0658. The van der Waals surface area contributed by atoms with E-state index in [1.54, 1.807) is 18.0 Å². The minimum atomic E-state index is -4.25. The van der Waals surface area contributed by atoms with Crippen LogP contribution in [0.1, 0.15) is 37.0 Å². The van der Waals surface area contributed by atoms with Crippen LogP contribution in [-0.2, 0) is 16.6 Å². The number of piperazine rings is 1. The van der Waals surface area contributed by atoms with E-state index in [9.17, 15) is 18.5 Å². The Kier molecular flexibility index (Phi) is 10.7. The molecule has 1 aliphatic carbocycles. The number of aryl methyl sites for hydroxylation is 1. The molecule has 2 aromatic heterocycles. The van der Waals surface area contributed by atoms with Crippen molar-refractivity contribution < 1.29 is 17.8 Å². The molecule has 1 saturated carbocycles. The molecule has 12 nitrogen and oxygen atoms in total. The van der Waals surface area contributed by atoms with E-state index < -0.39 is 14.9 Å². The maximum atomic E-state index is 13.7. The lowest BCUT2D eigenvalue weighted by Crippen LogP contribution is -2.46. The third kappa shape index (κ3) is 8.08. The molecule has 0 amide bonds. The summed E-state index contributed by atoms with van der Waals surface area (Å²) in [6, 6.07) is 30.7. The summed E-state index contributed by atoms with van der Waals surface area (Å²) in [5.74, 6) is 1.62. The van der Waals surface area contributed by atoms with Crippen LogP contribution in [-0.4, -0.2) is 65.7 Å². The number of aromatic nitrogens is 2. The third-order valence-electron chi connectivity index (χ3n) is 10.8. The highest BCUT2D eigenvalue weighted by molar-refractivity contribution is 7.99. The Balaban J connectivity index is 0.950. The van der Waals surface area contributed by atoms with Crippen molar-refractivity contribution in [3.05, 3.63) is 131 Å². The summed E-state index contributed by atoms with van der Waals surface area (Å²) in [4.78, 5) is 26.1. The van der Waals surface area contributed by atoms with Crippen LogP contribution in [0.4, 0.5) is 22.9 Å². The van der Waals surface area contributed by atoms with E-state index in [2.05, 4.69) is 78.3 Å². The van der Waals surface area contributed by atoms with Crippen molar-refractivity contribution in [3.63, 3.8) is 0 Å². The van der Waals surface area contributed by atoms with Gasteiger partial charge in [0.25, 0.3) is 15.7 Å². The highest BCUT2D eigenvalue weighted by Gasteiger charge is 2.36. The van der Waals surface area contributed by atoms with E-state index in [1.807, 2.05) is 37.3 Å². The summed E-state index contributed by atoms with van der Waals surface area (Å²) in [6.07, 6.45) is 6.67. The predicted octanol–water partition coefficient (Wildman–Crippen LogP) is 8.75. The van der Waals surface area contributed by atoms with Gasteiger partial charge in [-0.15, -0.1) is 11.8 Å². The summed E-state index contributed by atoms with van der Waals surface area (Å²) in [5.41, 5.74) is 4.96. The average molecular weight is 790 g/mol. The molecule has 8 rings (SSSR count). The largest absolute Gasteiger partial charge is 0.468 e. The number of fused-ring (bicyclic) bond motifs is 1. The number of nitro benzene ring substituents is 1. The zero-order chi connectivity index (χ0) is 38.7. The lowest BCUT2D eigenvalue weighted by molar-refractivity contribution is -0.384. The first kappa shape index (κ1) is 37.5. The predicted molar refractivity (Wildman–Crippen MR) is 222 cm³/mol. The van der Waals surface area contributed by atoms with Gasteiger partial charge in [-0.3, -0.25) is 19.7 Å². The average Bonchev–Trinajstić information content (AvgIpc) is 3.86. The molecule has 0 radical (unpaired) electrons. The molecule has 288 valence electrons. The van der Waals surface area contributed by atoms with E-state index >= 15 is 0 Å².